The van der Waals surface area contributed by atoms with Gasteiger partial charge < -0.3 is 10.4 Å². The second-order valence-electron chi connectivity index (χ2n) is 5.40. The number of fused-ring (bicyclic) bond motifs is 1. The molecule has 0 spiro atoms. The van der Waals surface area contributed by atoms with Gasteiger partial charge >= 0.3 is 12.0 Å². The third-order valence-corrected chi connectivity index (χ3v) is 3.67. The summed E-state index contributed by atoms with van der Waals surface area (Å²) in [5, 5.41) is 11.3. The second kappa shape index (κ2) is 5.94. The Morgan fingerprint density at radius 2 is 2.10 bits per heavy atom. The molecule has 5 nitrogen and oxygen atoms in total. The van der Waals surface area contributed by atoms with Crippen LogP contribution in [0.2, 0.25) is 0 Å². The first-order chi connectivity index (χ1) is 9.50. The number of hydrogen-bond acceptors (Lipinski definition) is 2. The van der Waals surface area contributed by atoms with Gasteiger partial charge in [0, 0.05) is 24.7 Å². The van der Waals surface area contributed by atoms with E-state index in [9.17, 15) is 9.59 Å². The molecule has 2 amide bonds. The van der Waals surface area contributed by atoms with Crippen LogP contribution >= 0.6 is 0 Å². The van der Waals surface area contributed by atoms with E-state index in [1.165, 1.54) is 5.56 Å². The highest BCUT2D eigenvalue weighted by atomic mass is 16.4. The van der Waals surface area contributed by atoms with Crippen LogP contribution in [0.25, 0.3) is 0 Å². The standard InChI is InChI=1S/C15H20N2O3/c1-10(2)12-9-17(13-6-4-3-5-11(12)13)15(20)16-8-7-14(18)19/h3-6,10,12H,7-9H2,1-2H3,(H,16,20)(H,18,19). The van der Waals surface area contributed by atoms with E-state index in [1.54, 1.807) is 4.90 Å². The maximum absolute atomic E-state index is 12.2. The highest BCUT2D eigenvalue weighted by molar-refractivity contribution is 5.94. The van der Waals surface area contributed by atoms with Crippen LogP contribution < -0.4 is 10.2 Å². The van der Waals surface area contributed by atoms with Crippen molar-refractivity contribution in [2.45, 2.75) is 26.2 Å². The van der Waals surface area contributed by atoms with Gasteiger partial charge in [0.25, 0.3) is 0 Å². The predicted octanol–water partition coefficient (Wildman–Crippen LogP) is 2.43. The van der Waals surface area contributed by atoms with Crippen molar-refractivity contribution in [3.05, 3.63) is 29.8 Å². The SMILES string of the molecule is CC(C)C1CN(C(=O)NCCC(=O)O)c2ccccc21. The molecule has 2 rings (SSSR count). The number of nitrogens with one attached hydrogen (secondary N) is 1. The number of carboxylic acid groups (broad SMARTS) is 1. The first kappa shape index (κ1) is 14.4. The maximum atomic E-state index is 12.2. The summed E-state index contributed by atoms with van der Waals surface area (Å²) in [4.78, 5) is 24.4. The van der Waals surface area contributed by atoms with Crippen LogP contribution in [-0.2, 0) is 4.79 Å². The fourth-order valence-electron chi connectivity index (χ4n) is 2.57. The molecule has 1 heterocycles. The molecule has 1 unspecified atom stereocenters. The molecule has 108 valence electrons. The molecule has 0 bridgehead atoms. The lowest BCUT2D eigenvalue weighted by Gasteiger charge is -2.19. The molecule has 1 aromatic carbocycles. The van der Waals surface area contributed by atoms with Gasteiger partial charge in [0.15, 0.2) is 0 Å². The van der Waals surface area contributed by atoms with Crippen LogP contribution in [0.15, 0.2) is 24.3 Å². The van der Waals surface area contributed by atoms with Crippen LogP contribution in [0.3, 0.4) is 0 Å². The van der Waals surface area contributed by atoms with Crippen LogP contribution in [0.1, 0.15) is 31.7 Å². The van der Waals surface area contributed by atoms with Gasteiger partial charge in [-0.25, -0.2) is 4.79 Å². The number of carbonyl (C=O) groups is 2. The van der Waals surface area contributed by atoms with Crippen molar-refractivity contribution in [3.8, 4) is 0 Å². The molecular formula is C15H20N2O3. The fourth-order valence-corrected chi connectivity index (χ4v) is 2.57. The zero-order chi connectivity index (χ0) is 14.7. The highest BCUT2D eigenvalue weighted by Gasteiger charge is 2.33. The Morgan fingerprint density at radius 3 is 2.75 bits per heavy atom. The first-order valence-electron chi connectivity index (χ1n) is 6.86. The molecule has 0 saturated heterocycles. The van der Waals surface area contributed by atoms with Crippen molar-refractivity contribution < 1.29 is 14.7 Å². The molecule has 0 aromatic heterocycles. The molecule has 0 saturated carbocycles. The maximum Gasteiger partial charge on any atom is 0.321 e. The van der Waals surface area contributed by atoms with Crippen LogP contribution in [0, 0.1) is 5.92 Å². The van der Waals surface area contributed by atoms with E-state index in [0.717, 1.165) is 5.69 Å². The average molecular weight is 276 g/mol. The molecule has 1 aromatic rings. The van der Waals surface area contributed by atoms with E-state index in [4.69, 9.17) is 5.11 Å². The fraction of sp³-hybridized carbons (Fsp3) is 0.467. The molecule has 1 atom stereocenters. The molecule has 20 heavy (non-hydrogen) atoms. The molecule has 5 heteroatoms. The Morgan fingerprint density at radius 1 is 1.40 bits per heavy atom. The lowest BCUT2D eigenvalue weighted by Crippen LogP contribution is -2.40. The summed E-state index contributed by atoms with van der Waals surface area (Å²) in [6, 6.07) is 7.68. The summed E-state index contributed by atoms with van der Waals surface area (Å²) < 4.78 is 0. The zero-order valence-corrected chi connectivity index (χ0v) is 11.8. The number of rotatable bonds is 4. The number of para-hydroxylation sites is 1. The van der Waals surface area contributed by atoms with Crippen molar-refractivity contribution in [2.75, 3.05) is 18.0 Å². The molecule has 0 fully saturated rings. The van der Waals surface area contributed by atoms with E-state index < -0.39 is 5.97 Å². The lowest BCUT2D eigenvalue weighted by molar-refractivity contribution is -0.136. The van der Waals surface area contributed by atoms with E-state index in [-0.39, 0.29) is 19.0 Å². The largest absolute Gasteiger partial charge is 0.481 e. The van der Waals surface area contributed by atoms with E-state index in [2.05, 4.69) is 25.2 Å². The van der Waals surface area contributed by atoms with E-state index in [1.807, 2.05) is 18.2 Å². The molecule has 2 N–H and O–H groups in total. The molecular weight excluding hydrogens is 256 g/mol. The Hall–Kier alpha value is -2.04. The zero-order valence-electron chi connectivity index (χ0n) is 11.8. The van der Waals surface area contributed by atoms with Crippen molar-refractivity contribution >= 4 is 17.7 Å². The number of nitrogens with zero attached hydrogens (tertiary/aromatic N) is 1. The Balaban J connectivity index is 2.10. The topological polar surface area (TPSA) is 69.6 Å². The van der Waals surface area contributed by atoms with Gasteiger partial charge in [-0.1, -0.05) is 32.0 Å². The lowest BCUT2D eigenvalue weighted by atomic mass is 9.90. The van der Waals surface area contributed by atoms with E-state index in [0.29, 0.717) is 18.4 Å². The van der Waals surface area contributed by atoms with Gasteiger partial charge in [-0.15, -0.1) is 0 Å². The third kappa shape index (κ3) is 2.92. The Kier molecular flexibility index (Phi) is 4.27. The van der Waals surface area contributed by atoms with Gasteiger partial charge in [0.2, 0.25) is 0 Å². The number of carbonyl (C=O) groups excluding carboxylic acids is 1. The number of hydrogen-bond donors (Lipinski definition) is 2. The van der Waals surface area contributed by atoms with Crippen molar-refractivity contribution in [1.29, 1.82) is 0 Å². The van der Waals surface area contributed by atoms with Crippen molar-refractivity contribution in [3.63, 3.8) is 0 Å². The minimum absolute atomic E-state index is 0.0607. The summed E-state index contributed by atoms with van der Waals surface area (Å²) in [6.45, 7) is 5.09. The van der Waals surface area contributed by atoms with Crippen LogP contribution in [-0.4, -0.2) is 30.2 Å². The quantitative estimate of drug-likeness (QED) is 0.887. The molecule has 0 aliphatic carbocycles. The molecule has 1 aliphatic heterocycles. The number of aliphatic carboxylic acids is 1. The van der Waals surface area contributed by atoms with E-state index >= 15 is 0 Å². The number of urea groups is 1. The van der Waals surface area contributed by atoms with Crippen LogP contribution in [0.5, 0.6) is 0 Å². The number of benzene rings is 1. The second-order valence-corrected chi connectivity index (χ2v) is 5.40. The number of carboxylic acids is 1. The van der Waals surface area contributed by atoms with Gasteiger partial charge in [-0.05, 0) is 17.5 Å². The van der Waals surface area contributed by atoms with Crippen LogP contribution in [0.4, 0.5) is 10.5 Å². The van der Waals surface area contributed by atoms with Gasteiger partial charge in [0.05, 0.1) is 6.42 Å². The monoisotopic (exact) mass is 276 g/mol. The summed E-state index contributed by atoms with van der Waals surface area (Å²) in [5.41, 5.74) is 2.12. The molecule has 0 radical (unpaired) electrons. The first-order valence-corrected chi connectivity index (χ1v) is 6.86. The third-order valence-electron chi connectivity index (χ3n) is 3.67. The summed E-state index contributed by atoms with van der Waals surface area (Å²) in [5.74, 6) is -0.128. The summed E-state index contributed by atoms with van der Waals surface area (Å²) >= 11 is 0. The minimum atomic E-state index is -0.910. The van der Waals surface area contributed by atoms with Gasteiger partial charge in [-0.3, -0.25) is 9.69 Å². The predicted molar refractivity (Wildman–Crippen MR) is 77.0 cm³/mol. The van der Waals surface area contributed by atoms with Gasteiger partial charge in [-0.2, -0.15) is 0 Å². The Bertz CT molecular complexity index is 514. The van der Waals surface area contributed by atoms with Crippen molar-refractivity contribution in [2.24, 2.45) is 5.92 Å². The minimum Gasteiger partial charge on any atom is -0.481 e. The summed E-state index contributed by atoms with van der Waals surface area (Å²) in [6.07, 6.45) is -0.0607. The normalized spacial score (nSPS) is 17.1. The average Bonchev–Trinajstić information content (AvgIpc) is 2.78. The van der Waals surface area contributed by atoms with Crippen molar-refractivity contribution in [1.82, 2.24) is 5.32 Å². The highest BCUT2D eigenvalue weighted by Crippen LogP contribution is 2.39. The smallest absolute Gasteiger partial charge is 0.321 e. The Labute approximate surface area is 118 Å². The molecule has 1 aliphatic rings. The number of anilines is 1. The summed E-state index contributed by atoms with van der Waals surface area (Å²) in [7, 11) is 0. The van der Waals surface area contributed by atoms with Gasteiger partial charge in [0.1, 0.15) is 0 Å². The number of amides is 2.